The molecule has 39 heavy (non-hydrogen) atoms. The third kappa shape index (κ3) is 6.96. The van der Waals surface area contributed by atoms with E-state index < -0.39 is 6.16 Å². The molecule has 1 fully saturated rings. The Balaban J connectivity index is 1.05. The van der Waals surface area contributed by atoms with Crippen molar-refractivity contribution in [3.05, 3.63) is 53.4 Å². The average Bonchev–Trinajstić information content (AvgIpc) is 3.45. The number of carbonyl (C=O) groups is 2. The molecule has 8 nitrogen and oxygen atoms in total. The number of amides is 1. The van der Waals surface area contributed by atoms with Gasteiger partial charge in [0, 0.05) is 54.4 Å². The summed E-state index contributed by atoms with van der Waals surface area (Å²) in [6.45, 7) is 5.75. The van der Waals surface area contributed by atoms with Crippen LogP contribution in [0.4, 0.5) is 16.2 Å². The lowest BCUT2D eigenvalue weighted by molar-refractivity contribution is -0.119. The highest BCUT2D eigenvalue weighted by atomic mass is 35.5. The Morgan fingerprint density at radius 2 is 1.82 bits per heavy atom. The Morgan fingerprint density at radius 1 is 0.949 bits per heavy atom. The Labute approximate surface area is 238 Å². The molecular weight excluding hydrogens is 538 g/mol. The predicted molar refractivity (Wildman–Crippen MR) is 155 cm³/mol. The Bertz CT molecular complexity index is 1280. The Kier molecular flexibility index (Phi) is 9.44. The van der Waals surface area contributed by atoms with Crippen LogP contribution in [0.2, 0.25) is 0 Å². The Morgan fingerprint density at radius 3 is 2.67 bits per heavy atom. The van der Waals surface area contributed by atoms with Crippen molar-refractivity contribution >= 4 is 56.5 Å². The third-order valence-corrected chi connectivity index (χ3v) is 8.22. The van der Waals surface area contributed by atoms with Crippen molar-refractivity contribution in [2.75, 3.05) is 68.3 Å². The number of rotatable bonds is 11. The second kappa shape index (κ2) is 13.4. The summed E-state index contributed by atoms with van der Waals surface area (Å²) in [6, 6.07) is 14.6. The maximum Gasteiger partial charge on any atom is 0.510 e. The van der Waals surface area contributed by atoms with Gasteiger partial charge in [0.05, 0.1) is 18.2 Å². The maximum atomic E-state index is 12.5. The van der Waals surface area contributed by atoms with E-state index in [0.717, 1.165) is 51.1 Å². The smallest absolute Gasteiger partial charge is 0.494 e. The van der Waals surface area contributed by atoms with Gasteiger partial charge in [-0.2, -0.15) is 0 Å². The second-order valence-electron chi connectivity index (χ2n) is 9.67. The van der Waals surface area contributed by atoms with Crippen molar-refractivity contribution in [2.45, 2.75) is 25.7 Å². The fraction of sp³-hybridized carbons (Fsp3) is 0.448. The predicted octanol–water partition coefficient (Wildman–Crippen LogP) is 5.51. The first-order valence-corrected chi connectivity index (χ1v) is 14.9. The van der Waals surface area contributed by atoms with Crippen LogP contribution in [-0.4, -0.2) is 75.5 Å². The number of ether oxygens (including phenoxy) is 3. The molecule has 0 aliphatic carbocycles. The van der Waals surface area contributed by atoms with Gasteiger partial charge in [0.1, 0.15) is 12.4 Å². The third-order valence-electron chi connectivity index (χ3n) is 7.19. The molecule has 1 saturated heterocycles. The molecule has 0 atom stereocenters. The number of nitrogens with zero attached hydrogens (tertiary/aromatic N) is 3. The number of benzene rings is 2. The number of alkyl halides is 1. The number of anilines is 2. The van der Waals surface area contributed by atoms with E-state index in [9.17, 15) is 9.59 Å². The van der Waals surface area contributed by atoms with Gasteiger partial charge in [-0.05, 0) is 61.0 Å². The Hall–Kier alpha value is -3.01. The van der Waals surface area contributed by atoms with Gasteiger partial charge in [-0.3, -0.25) is 14.6 Å². The van der Waals surface area contributed by atoms with E-state index in [4.69, 9.17) is 25.8 Å². The number of hydrogen-bond acceptors (Lipinski definition) is 8. The van der Waals surface area contributed by atoms with Crippen LogP contribution < -0.4 is 14.5 Å². The van der Waals surface area contributed by atoms with Crippen LogP contribution in [0.1, 0.15) is 24.8 Å². The van der Waals surface area contributed by atoms with E-state index in [0.29, 0.717) is 30.9 Å². The SMILES string of the molecule is O=C(OCCCl)OCN1C(=O)CCc2ccc(OCCCCN3CCN(c4cccc5sccc45)CC3)cc21. The number of thiophene rings is 1. The lowest BCUT2D eigenvalue weighted by Crippen LogP contribution is -2.46. The second-order valence-corrected chi connectivity index (χ2v) is 11.0. The van der Waals surface area contributed by atoms with Crippen molar-refractivity contribution in [3.63, 3.8) is 0 Å². The zero-order valence-corrected chi connectivity index (χ0v) is 23.6. The first-order valence-electron chi connectivity index (χ1n) is 13.5. The molecule has 2 aliphatic heterocycles. The highest BCUT2D eigenvalue weighted by Gasteiger charge is 2.26. The van der Waals surface area contributed by atoms with E-state index in [1.54, 1.807) is 11.3 Å². The number of unbranched alkanes of at least 4 members (excludes halogenated alkanes) is 1. The molecular formula is C29H34ClN3O5S. The molecule has 0 N–H and O–H groups in total. The summed E-state index contributed by atoms with van der Waals surface area (Å²) in [5.41, 5.74) is 3.09. The fourth-order valence-corrected chi connectivity index (χ4v) is 6.01. The van der Waals surface area contributed by atoms with Crippen molar-refractivity contribution in [1.29, 1.82) is 0 Å². The van der Waals surface area contributed by atoms with Gasteiger partial charge in [0.2, 0.25) is 5.91 Å². The van der Waals surface area contributed by atoms with Crippen LogP contribution >= 0.6 is 22.9 Å². The molecule has 1 aromatic heterocycles. The van der Waals surface area contributed by atoms with Crippen LogP contribution in [-0.2, 0) is 20.7 Å². The molecule has 0 unspecified atom stereocenters. The van der Waals surface area contributed by atoms with Crippen molar-refractivity contribution in [2.24, 2.45) is 0 Å². The lowest BCUT2D eigenvalue weighted by atomic mass is 10.0. The van der Waals surface area contributed by atoms with Gasteiger partial charge in [0.25, 0.3) is 0 Å². The molecule has 3 heterocycles. The van der Waals surface area contributed by atoms with Crippen molar-refractivity contribution < 1.29 is 23.8 Å². The molecule has 2 aromatic carbocycles. The van der Waals surface area contributed by atoms with E-state index in [1.807, 2.05) is 18.2 Å². The topological polar surface area (TPSA) is 71.5 Å². The van der Waals surface area contributed by atoms with Gasteiger partial charge in [-0.15, -0.1) is 22.9 Å². The first kappa shape index (κ1) is 27.6. The summed E-state index contributed by atoms with van der Waals surface area (Å²) in [4.78, 5) is 30.7. The maximum absolute atomic E-state index is 12.5. The minimum atomic E-state index is -0.843. The van der Waals surface area contributed by atoms with Gasteiger partial charge in [-0.1, -0.05) is 12.1 Å². The summed E-state index contributed by atoms with van der Waals surface area (Å²) in [6.07, 6.45) is 2.18. The molecule has 3 aromatic rings. The average molecular weight is 572 g/mol. The van der Waals surface area contributed by atoms with Gasteiger partial charge in [-0.25, -0.2) is 4.79 Å². The monoisotopic (exact) mass is 571 g/mol. The van der Waals surface area contributed by atoms with Crippen molar-refractivity contribution in [3.8, 4) is 5.75 Å². The zero-order chi connectivity index (χ0) is 27.0. The van der Waals surface area contributed by atoms with Crippen LogP contribution in [0.15, 0.2) is 47.8 Å². The van der Waals surface area contributed by atoms with Gasteiger partial charge >= 0.3 is 6.16 Å². The van der Waals surface area contributed by atoms with Crippen molar-refractivity contribution in [1.82, 2.24) is 4.90 Å². The standard InChI is InChI=1S/C29H34ClN3O5S/c30-11-18-37-29(35)38-21-33-26-20-23(8-6-22(26)7-9-28(33)34)36-17-2-1-12-31-13-15-32(16-14-31)25-4-3-5-27-24(25)10-19-39-27/h3-6,8,10,19-20H,1-2,7,9,11-18,21H2. The number of piperazine rings is 1. The first-order chi connectivity index (χ1) is 19.1. The lowest BCUT2D eigenvalue weighted by Gasteiger charge is -2.36. The molecule has 0 saturated carbocycles. The van der Waals surface area contributed by atoms with E-state index in [1.165, 1.54) is 20.7 Å². The number of fused-ring (bicyclic) bond motifs is 2. The van der Waals surface area contributed by atoms with Gasteiger partial charge in [0.15, 0.2) is 6.73 Å². The van der Waals surface area contributed by atoms with Crippen LogP contribution in [0.25, 0.3) is 10.1 Å². The van der Waals surface area contributed by atoms with E-state index in [-0.39, 0.29) is 25.1 Å². The number of halogens is 1. The van der Waals surface area contributed by atoms with Crippen LogP contribution in [0, 0.1) is 0 Å². The molecule has 2 aliphatic rings. The van der Waals surface area contributed by atoms with E-state index in [2.05, 4.69) is 39.4 Å². The van der Waals surface area contributed by atoms with E-state index >= 15 is 0 Å². The molecule has 0 radical (unpaired) electrons. The highest BCUT2D eigenvalue weighted by molar-refractivity contribution is 7.17. The minimum absolute atomic E-state index is 0.0610. The largest absolute Gasteiger partial charge is 0.510 e. The summed E-state index contributed by atoms with van der Waals surface area (Å²) in [5.74, 6) is 0.789. The van der Waals surface area contributed by atoms with Crippen LogP contribution in [0.3, 0.4) is 0 Å². The fourth-order valence-electron chi connectivity index (χ4n) is 5.12. The quantitative estimate of drug-likeness (QED) is 0.171. The van der Waals surface area contributed by atoms with Crippen LogP contribution in [0.5, 0.6) is 5.75 Å². The summed E-state index contributed by atoms with van der Waals surface area (Å²) in [7, 11) is 0. The number of hydrogen-bond donors (Lipinski definition) is 0. The molecule has 0 bridgehead atoms. The molecule has 0 spiro atoms. The zero-order valence-electron chi connectivity index (χ0n) is 22.0. The number of aryl methyl sites for hydroxylation is 1. The molecule has 208 valence electrons. The normalized spacial score (nSPS) is 15.9. The summed E-state index contributed by atoms with van der Waals surface area (Å²) >= 11 is 7.33. The summed E-state index contributed by atoms with van der Waals surface area (Å²) < 4.78 is 17.3. The van der Waals surface area contributed by atoms with Gasteiger partial charge < -0.3 is 19.1 Å². The number of carbonyl (C=O) groups excluding carboxylic acids is 2. The highest BCUT2D eigenvalue weighted by Crippen LogP contribution is 2.32. The molecule has 5 rings (SSSR count). The minimum Gasteiger partial charge on any atom is -0.494 e. The molecule has 10 heteroatoms. The summed E-state index contributed by atoms with van der Waals surface area (Å²) in [5, 5.41) is 3.53. The molecule has 1 amide bonds.